The third-order valence-electron chi connectivity index (χ3n) is 3.45. The van der Waals surface area contributed by atoms with Gasteiger partial charge in [-0.05, 0) is 32.0 Å². The molecule has 5 heteroatoms. The van der Waals surface area contributed by atoms with Crippen molar-refractivity contribution in [3.63, 3.8) is 0 Å². The Morgan fingerprint density at radius 1 is 1.40 bits per heavy atom. The molecular weight excluding hydrogens is 270 g/mol. The third kappa shape index (κ3) is 3.20. The average molecular weight is 293 g/mol. The average Bonchev–Trinajstić information content (AvgIpc) is 2.37. The van der Waals surface area contributed by atoms with Gasteiger partial charge in [-0.25, -0.2) is 0 Å². The maximum atomic E-state index is 12.1. The summed E-state index contributed by atoms with van der Waals surface area (Å²) in [5, 5.41) is 0. The molecular formula is C15H23N3OS. The van der Waals surface area contributed by atoms with E-state index >= 15 is 0 Å². The number of hydrogen-bond acceptors (Lipinski definition) is 4. The zero-order valence-corrected chi connectivity index (χ0v) is 13.5. The summed E-state index contributed by atoms with van der Waals surface area (Å²) in [5.41, 5.74) is 8.52. The Balaban J connectivity index is 2.31. The number of carbonyl (C=O) groups is 1. The minimum Gasteiger partial charge on any atom is -0.397 e. The van der Waals surface area contributed by atoms with Gasteiger partial charge in [0, 0.05) is 43.2 Å². The molecule has 0 radical (unpaired) electrons. The highest BCUT2D eigenvalue weighted by atomic mass is 32.2. The second-order valence-corrected chi connectivity index (χ2v) is 7.80. The molecule has 0 saturated carbocycles. The summed E-state index contributed by atoms with van der Waals surface area (Å²) in [7, 11) is 3.53. The first-order valence-electron chi connectivity index (χ1n) is 6.80. The van der Waals surface area contributed by atoms with Gasteiger partial charge < -0.3 is 15.5 Å². The van der Waals surface area contributed by atoms with Crippen LogP contribution < -0.4 is 10.6 Å². The maximum Gasteiger partial charge on any atom is 0.253 e. The number of rotatable bonds is 2. The zero-order chi connectivity index (χ0) is 14.9. The van der Waals surface area contributed by atoms with Crippen LogP contribution in [0.5, 0.6) is 0 Å². The highest BCUT2D eigenvalue weighted by Gasteiger charge is 2.28. The van der Waals surface area contributed by atoms with E-state index in [1.807, 2.05) is 23.9 Å². The van der Waals surface area contributed by atoms with Crippen LogP contribution in [0.4, 0.5) is 11.4 Å². The van der Waals surface area contributed by atoms with E-state index in [0.29, 0.717) is 5.56 Å². The van der Waals surface area contributed by atoms with E-state index < -0.39 is 0 Å². The van der Waals surface area contributed by atoms with Gasteiger partial charge in [0.25, 0.3) is 5.91 Å². The second kappa shape index (κ2) is 5.56. The van der Waals surface area contributed by atoms with Gasteiger partial charge in [-0.3, -0.25) is 4.79 Å². The zero-order valence-electron chi connectivity index (χ0n) is 12.6. The topological polar surface area (TPSA) is 49.6 Å². The molecule has 2 rings (SSSR count). The molecule has 0 atom stereocenters. The first-order chi connectivity index (χ1) is 9.30. The lowest BCUT2D eigenvalue weighted by Crippen LogP contribution is -2.43. The van der Waals surface area contributed by atoms with Gasteiger partial charge in [-0.15, -0.1) is 0 Å². The third-order valence-corrected chi connectivity index (χ3v) is 4.75. The summed E-state index contributed by atoms with van der Waals surface area (Å²) in [6, 6.07) is 5.55. The van der Waals surface area contributed by atoms with Crippen LogP contribution in [0.25, 0.3) is 0 Å². The number of nitrogen functional groups attached to an aromatic ring is 1. The van der Waals surface area contributed by atoms with Gasteiger partial charge in [0.1, 0.15) is 0 Å². The highest BCUT2D eigenvalue weighted by Crippen LogP contribution is 2.34. The van der Waals surface area contributed by atoms with Crippen molar-refractivity contribution in [2.45, 2.75) is 18.6 Å². The van der Waals surface area contributed by atoms with Crippen molar-refractivity contribution in [3.8, 4) is 0 Å². The fraction of sp³-hybridized carbons (Fsp3) is 0.533. The van der Waals surface area contributed by atoms with Gasteiger partial charge in [-0.1, -0.05) is 0 Å². The van der Waals surface area contributed by atoms with Crippen LogP contribution in [0.3, 0.4) is 0 Å². The van der Waals surface area contributed by atoms with Gasteiger partial charge in [0.05, 0.1) is 11.4 Å². The van der Waals surface area contributed by atoms with E-state index in [0.717, 1.165) is 30.2 Å². The smallest absolute Gasteiger partial charge is 0.253 e. The number of anilines is 2. The van der Waals surface area contributed by atoms with E-state index in [1.54, 1.807) is 25.1 Å². The van der Waals surface area contributed by atoms with Gasteiger partial charge in [0.2, 0.25) is 0 Å². The number of carbonyl (C=O) groups excluding carboxylic acids is 1. The molecule has 1 aromatic carbocycles. The molecule has 1 aliphatic heterocycles. The minimum absolute atomic E-state index is 0.0110. The number of nitrogens with two attached hydrogens (primary N) is 1. The lowest BCUT2D eigenvalue weighted by Gasteiger charge is -2.39. The van der Waals surface area contributed by atoms with Crippen LogP contribution in [-0.4, -0.2) is 48.5 Å². The summed E-state index contributed by atoms with van der Waals surface area (Å²) < 4.78 is 0.215. The van der Waals surface area contributed by atoms with Crippen LogP contribution in [0.1, 0.15) is 24.2 Å². The molecule has 0 aromatic heterocycles. The predicted octanol–water partition coefficient (Wildman–Crippen LogP) is 2.30. The summed E-state index contributed by atoms with van der Waals surface area (Å²) >= 11 is 1.98. The molecule has 1 saturated heterocycles. The summed E-state index contributed by atoms with van der Waals surface area (Å²) in [6.45, 7) is 6.41. The molecule has 1 amide bonds. The molecule has 0 bridgehead atoms. The Hall–Kier alpha value is -1.36. The van der Waals surface area contributed by atoms with E-state index in [4.69, 9.17) is 5.73 Å². The van der Waals surface area contributed by atoms with Crippen molar-refractivity contribution in [1.29, 1.82) is 0 Å². The second-order valence-electron chi connectivity index (χ2n) is 6.00. The molecule has 0 spiro atoms. The lowest BCUT2D eigenvalue weighted by atomic mass is 10.1. The number of amides is 1. The van der Waals surface area contributed by atoms with Crippen LogP contribution in [0, 0.1) is 0 Å². The lowest BCUT2D eigenvalue weighted by molar-refractivity contribution is 0.0827. The van der Waals surface area contributed by atoms with Gasteiger partial charge in [-0.2, -0.15) is 11.8 Å². The molecule has 1 fully saturated rings. The Labute approximate surface area is 125 Å². The van der Waals surface area contributed by atoms with Crippen molar-refractivity contribution in [2.75, 3.05) is 43.6 Å². The fourth-order valence-electron chi connectivity index (χ4n) is 2.43. The van der Waals surface area contributed by atoms with Crippen LogP contribution in [0.2, 0.25) is 0 Å². The van der Waals surface area contributed by atoms with Gasteiger partial charge >= 0.3 is 0 Å². The van der Waals surface area contributed by atoms with Crippen LogP contribution >= 0.6 is 11.8 Å². The molecule has 20 heavy (non-hydrogen) atoms. The van der Waals surface area contributed by atoms with Crippen molar-refractivity contribution in [1.82, 2.24) is 4.90 Å². The monoisotopic (exact) mass is 293 g/mol. The molecule has 4 nitrogen and oxygen atoms in total. The molecule has 0 aliphatic carbocycles. The van der Waals surface area contributed by atoms with Crippen molar-refractivity contribution < 1.29 is 4.79 Å². The summed E-state index contributed by atoms with van der Waals surface area (Å²) in [4.78, 5) is 16.0. The van der Waals surface area contributed by atoms with Gasteiger partial charge in [0.15, 0.2) is 0 Å². The molecule has 1 heterocycles. The largest absolute Gasteiger partial charge is 0.397 e. The predicted molar refractivity (Wildman–Crippen MR) is 87.6 cm³/mol. The maximum absolute atomic E-state index is 12.1. The molecule has 0 unspecified atom stereocenters. The van der Waals surface area contributed by atoms with Crippen molar-refractivity contribution >= 4 is 29.0 Å². The summed E-state index contributed by atoms with van der Waals surface area (Å²) in [5.74, 6) is 1.09. The van der Waals surface area contributed by atoms with Crippen molar-refractivity contribution in [2.24, 2.45) is 0 Å². The quantitative estimate of drug-likeness (QED) is 0.850. The SMILES string of the molecule is CN(C)C(=O)c1ccc(N)c(N2CCSC(C)(C)C2)c1. The molecule has 1 aromatic rings. The van der Waals surface area contributed by atoms with Crippen molar-refractivity contribution in [3.05, 3.63) is 23.8 Å². The number of benzene rings is 1. The molecule has 1 aliphatic rings. The summed E-state index contributed by atoms with van der Waals surface area (Å²) in [6.07, 6.45) is 0. The fourth-order valence-corrected chi connectivity index (χ4v) is 3.54. The Morgan fingerprint density at radius 3 is 2.70 bits per heavy atom. The Morgan fingerprint density at radius 2 is 2.10 bits per heavy atom. The number of thioether (sulfide) groups is 1. The normalized spacial score (nSPS) is 17.9. The Kier molecular flexibility index (Phi) is 4.18. The first kappa shape index (κ1) is 15.0. The minimum atomic E-state index is 0.0110. The first-order valence-corrected chi connectivity index (χ1v) is 7.79. The van der Waals surface area contributed by atoms with Crippen LogP contribution in [0.15, 0.2) is 18.2 Å². The van der Waals surface area contributed by atoms with E-state index in [2.05, 4.69) is 18.7 Å². The molecule has 2 N–H and O–H groups in total. The standard InChI is InChI=1S/C15H23N3OS/c1-15(2)10-18(7-8-20-15)13-9-11(5-6-12(13)16)14(19)17(3)4/h5-6,9H,7-8,10,16H2,1-4H3. The highest BCUT2D eigenvalue weighted by molar-refractivity contribution is 8.00. The van der Waals surface area contributed by atoms with E-state index in [1.165, 1.54) is 0 Å². The van der Waals surface area contributed by atoms with E-state index in [9.17, 15) is 4.79 Å². The van der Waals surface area contributed by atoms with Crippen LogP contribution in [-0.2, 0) is 0 Å². The van der Waals surface area contributed by atoms with E-state index in [-0.39, 0.29) is 10.7 Å². The number of nitrogens with zero attached hydrogens (tertiary/aromatic N) is 2. The Bertz CT molecular complexity index is 514. The number of hydrogen-bond donors (Lipinski definition) is 1. The molecule has 110 valence electrons.